The van der Waals surface area contributed by atoms with Gasteiger partial charge >= 0.3 is 0 Å². The molecule has 0 saturated heterocycles. The van der Waals surface area contributed by atoms with Crippen LogP contribution in [-0.4, -0.2) is 28.6 Å². The number of benzene rings is 2. The minimum atomic E-state index is -0.546. The summed E-state index contributed by atoms with van der Waals surface area (Å²) in [5.41, 5.74) is 3.46. The topological polar surface area (TPSA) is 93.3 Å². The molecule has 5 rings (SSSR count). The standard InChI is InChI=1S/C28H27N3O4S/c1-3-14-36-28-30-26-25(27(33)31-28)23(24-19(29-26)10-7-11-20(24)32)18-12-13-21(22(15-18)34-2)35-16-17-8-5-4-6-9-17/h3-6,8-9,12-13,15,23H,1,7,10-11,14,16H2,2H3,(H2,29,30,31,33). The van der Waals surface area contributed by atoms with E-state index in [0.717, 1.165) is 29.7 Å². The van der Waals surface area contributed by atoms with Crippen molar-refractivity contribution in [3.05, 3.63) is 99.5 Å². The van der Waals surface area contributed by atoms with Gasteiger partial charge in [0, 0.05) is 29.4 Å². The molecule has 0 spiro atoms. The largest absolute Gasteiger partial charge is 0.493 e. The van der Waals surface area contributed by atoms with Gasteiger partial charge in [-0.05, 0) is 36.1 Å². The molecule has 2 aliphatic rings. The SMILES string of the molecule is C=CCSc1nc2c(c(=O)[nH]1)C(c1ccc(OCc3ccccc3)c(OC)c1)C1=C(CCCC1=O)N2. The number of rotatable bonds is 8. The van der Waals surface area contributed by atoms with Crippen LogP contribution in [0.25, 0.3) is 0 Å². The first-order chi connectivity index (χ1) is 17.6. The molecule has 1 aliphatic heterocycles. The first-order valence-corrected chi connectivity index (χ1v) is 12.8. The lowest BCUT2D eigenvalue weighted by Gasteiger charge is -2.33. The van der Waals surface area contributed by atoms with Crippen LogP contribution in [0.15, 0.2) is 82.4 Å². The van der Waals surface area contributed by atoms with E-state index in [2.05, 4.69) is 21.9 Å². The average Bonchev–Trinajstić information content (AvgIpc) is 2.90. The number of carbonyl (C=O) groups is 1. The molecule has 8 heteroatoms. The van der Waals surface area contributed by atoms with Gasteiger partial charge in [0.05, 0.1) is 12.7 Å². The minimum Gasteiger partial charge on any atom is -0.493 e. The average molecular weight is 502 g/mol. The number of thioether (sulfide) groups is 1. The summed E-state index contributed by atoms with van der Waals surface area (Å²) < 4.78 is 11.7. The highest BCUT2D eigenvalue weighted by Crippen LogP contribution is 2.45. The second-order valence-corrected chi connectivity index (χ2v) is 9.65. The molecule has 0 saturated carbocycles. The number of Topliss-reactive ketones (excluding diaryl/α,β-unsaturated/α-hetero) is 1. The van der Waals surface area contributed by atoms with Crippen LogP contribution in [-0.2, 0) is 11.4 Å². The fraction of sp³-hybridized carbons (Fsp3) is 0.250. The highest BCUT2D eigenvalue weighted by molar-refractivity contribution is 7.99. The summed E-state index contributed by atoms with van der Waals surface area (Å²) in [5.74, 6) is 1.75. The normalized spacial score (nSPS) is 16.6. The molecule has 2 aromatic carbocycles. The van der Waals surface area contributed by atoms with Crippen molar-refractivity contribution in [1.29, 1.82) is 0 Å². The Labute approximate surface area is 213 Å². The van der Waals surface area contributed by atoms with E-state index in [1.165, 1.54) is 11.8 Å². The van der Waals surface area contributed by atoms with Crippen LogP contribution in [0.4, 0.5) is 5.82 Å². The fourth-order valence-corrected chi connectivity index (χ4v) is 5.29. The van der Waals surface area contributed by atoms with E-state index in [9.17, 15) is 9.59 Å². The van der Waals surface area contributed by atoms with Crippen LogP contribution in [0.3, 0.4) is 0 Å². The van der Waals surface area contributed by atoms with E-state index in [1.807, 2.05) is 48.5 Å². The smallest absolute Gasteiger partial charge is 0.257 e. The van der Waals surface area contributed by atoms with Crippen molar-refractivity contribution in [2.75, 3.05) is 18.2 Å². The number of carbonyl (C=O) groups excluding carboxylic acids is 1. The number of fused-ring (bicyclic) bond motifs is 1. The quantitative estimate of drug-likeness (QED) is 0.249. The number of nitrogens with zero attached hydrogens (tertiary/aromatic N) is 1. The Morgan fingerprint density at radius 1 is 1.14 bits per heavy atom. The number of hydrogen-bond acceptors (Lipinski definition) is 7. The van der Waals surface area contributed by atoms with Gasteiger partial charge in [-0.2, -0.15) is 0 Å². The highest BCUT2D eigenvalue weighted by Gasteiger charge is 2.38. The molecule has 1 aliphatic carbocycles. The van der Waals surface area contributed by atoms with E-state index >= 15 is 0 Å². The lowest BCUT2D eigenvalue weighted by atomic mass is 9.76. The molecule has 2 heterocycles. The summed E-state index contributed by atoms with van der Waals surface area (Å²) in [6.45, 7) is 4.13. The molecular weight excluding hydrogens is 474 g/mol. The van der Waals surface area contributed by atoms with Crippen molar-refractivity contribution in [1.82, 2.24) is 9.97 Å². The number of ether oxygens (including phenoxy) is 2. The molecule has 0 fully saturated rings. The second kappa shape index (κ2) is 10.5. The van der Waals surface area contributed by atoms with Crippen LogP contribution in [0, 0.1) is 0 Å². The van der Waals surface area contributed by atoms with Gasteiger partial charge < -0.3 is 19.8 Å². The van der Waals surface area contributed by atoms with E-state index < -0.39 is 5.92 Å². The van der Waals surface area contributed by atoms with Crippen molar-refractivity contribution in [2.24, 2.45) is 0 Å². The van der Waals surface area contributed by atoms with Crippen LogP contribution in [0.2, 0.25) is 0 Å². The summed E-state index contributed by atoms with van der Waals surface area (Å²) in [6.07, 6.45) is 3.72. The monoisotopic (exact) mass is 501 g/mol. The Balaban J connectivity index is 1.56. The fourth-order valence-electron chi connectivity index (χ4n) is 4.70. The summed E-state index contributed by atoms with van der Waals surface area (Å²) in [6, 6.07) is 15.5. The zero-order valence-electron chi connectivity index (χ0n) is 20.0. The Morgan fingerprint density at radius 3 is 2.75 bits per heavy atom. The van der Waals surface area contributed by atoms with Crippen LogP contribution in [0.1, 0.15) is 41.9 Å². The summed E-state index contributed by atoms with van der Waals surface area (Å²) in [7, 11) is 1.58. The number of aromatic nitrogens is 2. The second-order valence-electron chi connectivity index (χ2n) is 8.64. The number of allylic oxidation sites excluding steroid dienone is 2. The van der Waals surface area contributed by atoms with Gasteiger partial charge in [-0.25, -0.2) is 4.98 Å². The Hall–Kier alpha value is -3.78. The van der Waals surface area contributed by atoms with Gasteiger partial charge in [0.15, 0.2) is 22.4 Å². The Morgan fingerprint density at radius 2 is 1.97 bits per heavy atom. The third-order valence-electron chi connectivity index (χ3n) is 6.33. The maximum atomic E-state index is 13.3. The van der Waals surface area contributed by atoms with Crippen molar-refractivity contribution in [2.45, 2.75) is 36.9 Å². The third-order valence-corrected chi connectivity index (χ3v) is 7.20. The van der Waals surface area contributed by atoms with E-state index in [1.54, 1.807) is 13.2 Å². The predicted molar refractivity (Wildman–Crippen MR) is 141 cm³/mol. The molecule has 1 aromatic heterocycles. The molecule has 1 atom stereocenters. The molecule has 2 N–H and O–H groups in total. The maximum Gasteiger partial charge on any atom is 0.257 e. The van der Waals surface area contributed by atoms with Gasteiger partial charge in [0.2, 0.25) is 0 Å². The number of anilines is 1. The van der Waals surface area contributed by atoms with Gasteiger partial charge in [0.25, 0.3) is 5.56 Å². The molecule has 184 valence electrons. The third kappa shape index (κ3) is 4.68. The van der Waals surface area contributed by atoms with Gasteiger partial charge in [-0.1, -0.05) is 54.2 Å². The number of nitrogens with one attached hydrogen (secondary N) is 2. The molecule has 0 bridgehead atoms. The van der Waals surface area contributed by atoms with E-state index in [-0.39, 0.29) is 11.3 Å². The lowest BCUT2D eigenvalue weighted by molar-refractivity contribution is -0.116. The number of aromatic amines is 1. The van der Waals surface area contributed by atoms with Gasteiger partial charge in [-0.3, -0.25) is 9.59 Å². The van der Waals surface area contributed by atoms with Crippen LogP contribution in [0.5, 0.6) is 11.5 Å². The van der Waals surface area contributed by atoms with Crippen LogP contribution >= 0.6 is 11.8 Å². The lowest BCUT2D eigenvalue weighted by Crippen LogP contribution is -2.32. The molecule has 0 radical (unpaired) electrons. The van der Waals surface area contributed by atoms with Gasteiger partial charge in [-0.15, -0.1) is 6.58 Å². The number of hydrogen-bond donors (Lipinski definition) is 2. The number of H-pyrrole nitrogens is 1. The van der Waals surface area contributed by atoms with Crippen LogP contribution < -0.4 is 20.3 Å². The Kier molecular flexibility index (Phi) is 6.95. The zero-order chi connectivity index (χ0) is 25.1. The number of methoxy groups -OCH3 is 1. The summed E-state index contributed by atoms with van der Waals surface area (Å²) in [5, 5.41) is 3.81. The molecule has 3 aromatic rings. The maximum absolute atomic E-state index is 13.3. The van der Waals surface area contributed by atoms with Crippen molar-refractivity contribution in [3.63, 3.8) is 0 Å². The molecule has 1 unspecified atom stereocenters. The van der Waals surface area contributed by atoms with Crippen molar-refractivity contribution >= 4 is 23.4 Å². The van der Waals surface area contributed by atoms with E-state index in [4.69, 9.17) is 9.47 Å². The van der Waals surface area contributed by atoms with E-state index in [0.29, 0.717) is 52.4 Å². The molecular formula is C28H27N3O4S. The first-order valence-electron chi connectivity index (χ1n) is 11.8. The summed E-state index contributed by atoms with van der Waals surface area (Å²) in [4.78, 5) is 34.0. The molecule has 0 amide bonds. The predicted octanol–water partition coefficient (Wildman–Crippen LogP) is 5.20. The number of ketones is 1. The van der Waals surface area contributed by atoms with Crippen molar-refractivity contribution < 1.29 is 14.3 Å². The van der Waals surface area contributed by atoms with Crippen molar-refractivity contribution in [3.8, 4) is 11.5 Å². The first kappa shape index (κ1) is 23.9. The molecule has 36 heavy (non-hydrogen) atoms. The molecule has 7 nitrogen and oxygen atoms in total. The zero-order valence-corrected chi connectivity index (χ0v) is 20.8. The Bertz CT molecular complexity index is 1400. The van der Waals surface area contributed by atoms with Gasteiger partial charge in [0.1, 0.15) is 12.4 Å². The minimum absolute atomic E-state index is 0.0484. The highest BCUT2D eigenvalue weighted by atomic mass is 32.2. The summed E-state index contributed by atoms with van der Waals surface area (Å²) >= 11 is 1.40.